The summed E-state index contributed by atoms with van der Waals surface area (Å²) in [6.45, 7) is 2.80. The fourth-order valence-corrected chi connectivity index (χ4v) is 4.97. The van der Waals surface area contributed by atoms with Gasteiger partial charge in [0.15, 0.2) is 12.4 Å². The number of carbonyl (C=O) groups is 3. The van der Waals surface area contributed by atoms with Gasteiger partial charge in [0.2, 0.25) is 0 Å². The van der Waals surface area contributed by atoms with Crippen LogP contribution in [0.15, 0.2) is 89.7 Å². The van der Waals surface area contributed by atoms with Crippen LogP contribution in [0.25, 0.3) is 10.8 Å². The number of hydrogen-bond acceptors (Lipinski definition) is 5. The lowest BCUT2D eigenvalue weighted by molar-refractivity contribution is -0.697. The summed E-state index contributed by atoms with van der Waals surface area (Å²) in [4.78, 5) is 39.5. The molecule has 0 bridgehead atoms. The van der Waals surface area contributed by atoms with Crippen molar-refractivity contribution in [1.29, 1.82) is 0 Å². The first kappa shape index (κ1) is 34.1. The average molecular weight is 782 g/mol. The Kier molecular flexibility index (Phi) is 13.5. The lowest BCUT2D eigenvalue weighted by atomic mass is 10.1. The smallest absolute Gasteiger partial charge is 0.414 e. The van der Waals surface area contributed by atoms with E-state index in [0.29, 0.717) is 22.0 Å². The molecular formula is C31H31BrClIN4O5. The summed E-state index contributed by atoms with van der Waals surface area (Å²) in [6.07, 6.45) is 3.28. The Hall–Kier alpha value is -3.42. The highest BCUT2D eigenvalue weighted by atomic mass is 127. The molecule has 43 heavy (non-hydrogen) atoms. The van der Waals surface area contributed by atoms with Crippen molar-refractivity contribution in [3.63, 3.8) is 0 Å². The zero-order chi connectivity index (χ0) is 29.9. The third kappa shape index (κ3) is 10.1. The van der Waals surface area contributed by atoms with Crippen molar-refractivity contribution in [1.82, 2.24) is 5.32 Å². The summed E-state index contributed by atoms with van der Waals surface area (Å²) >= 11 is 9.58. The zero-order valence-corrected chi connectivity index (χ0v) is 27.9. The van der Waals surface area contributed by atoms with Crippen molar-refractivity contribution >= 4 is 67.8 Å². The Bertz CT molecular complexity index is 1570. The van der Waals surface area contributed by atoms with Gasteiger partial charge in [0.25, 0.3) is 5.91 Å². The number of ether oxygens (including phenoxy) is 2. The molecule has 3 aromatic carbocycles. The van der Waals surface area contributed by atoms with Crippen LogP contribution in [0.2, 0.25) is 5.02 Å². The van der Waals surface area contributed by atoms with E-state index in [4.69, 9.17) is 21.1 Å². The maximum Gasteiger partial charge on any atom is 0.414 e. The molecule has 0 saturated heterocycles. The number of nitrogens with one attached hydrogen (secondary N) is 2. The molecule has 1 heterocycles. The standard InChI is InChI=1S/C31H30BrClN4O5.HI/c1-2-14-36-20-23(18-24(32)21-36)29(38)34-13-16-42-31(40)37(26-10-6-9-25(33)19-26)15-17-41-30(39)35-28-12-5-8-22-7-3-4-11-27(22)28;/h3-12,18-21H,2,13-17H2,1H3,(H-,34,35,38,39);1H. The lowest BCUT2D eigenvalue weighted by Crippen LogP contribution is -3.00. The molecule has 0 aliphatic heterocycles. The molecule has 4 aromatic rings. The molecule has 2 N–H and O–H groups in total. The fourth-order valence-electron chi connectivity index (χ4n) is 4.27. The summed E-state index contributed by atoms with van der Waals surface area (Å²) < 4.78 is 13.5. The predicted octanol–water partition coefficient (Wildman–Crippen LogP) is 3.58. The highest BCUT2D eigenvalue weighted by Crippen LogP contribution is 2.23. The normalized spacial score (nSPS) is 10.4. The van der Waals surface area contributed by atoms with Gasteiger partial charge in [-0.05, 0) is 51.6 Å². The van der Waals surface area contributed by atoms with Crippen LogP contribution in [-0.2, 0) is 16.0 Å². The van der Waals surface area contributed by atoms with E-state index in [1.54, 1.807) is 42.6 Å². The van der Waals surface area contributed by atoms with Gasteiger partial charge in [0.1, 0.15) is 25.3 Å². The minimum absolute atomic E-state index is 0. The van der Waals surface area contributed by atoms with Crippen LogP contribution in [0, 0.1) is 0 Å². The molecule has 0 aliphatic rings. The number of pyridine rings is 1. The van der Waals surface area contributed by atoms with Gasteiger partial charge < -0.3 is 38.8 Å². The minimum Gasteiger partial charge on any atom is -1.00 e. The second kappa shape index (κ2) is 17.0. The van der Waals surface area contributed by atoms with Gasteiger partial charge in [-0.15, -0.1) is 0 Å². The highest BCUT2D eigenvalue weighted by Gasteiger charge is 2.19. The van der Waals surface area contributed by atoms with Gasteiger partial charge in [0, 0.05) is 22.5 Å². The van der Waals surface area contributed by atoms with Crippen LogP contribution < -0.4 is 44.1 Å². The molecule has 4 rings (SSSR count). The van der Waals surface area contributed by atoms with E-state index in [-0.39, 0.29) is 56.2 Å². The molecule has 226 valence electrons. The minimum atomic E-state index is -0.673. The number of aryl methyl sites for hydroxylation is 1. The molecule has 0 saturated carbocycles. The van der Waals surface area contributed by atoms with E-state index in [2.05, 4.69) is 33.5 Å². The first-order valence-corrected chi connectivity index (χ1v) is 14.6. The molecule has 0 spiro atoms. The Balaban J connectivity index is 0.00000506. The molecule has 0 atom stereocenters. The largest absolute Gasteiger partial charge is 1.00 e. The lowest BCUT2D eigenvalue weighted by Gasteiger charge is -2.22. The molecule has 3 amide bonds. The number of rotatable bonds is 11. The number of nitrogens with zero attached hydrogens (tertiary/aromatic N) is 2. The third-order valence-corrected chi connectivity index (χ3v) is 6.83. The number of amides is 3. The van der Waals surface area contributed by atoms with E-state index in [1.165, 1.54) is 4.90 Å². The van der Waals surface area contributed by atoms with Crippen LogP contribution in [0.5, 0.6) is 0 Å². The van der Waals surface area contributed by atoms with E-state index in [1.807, 2.05) is 47.2 Å². The molecule has 12 heteroatoms. The maximum atomic E-state index is 13.0. The topological polar surface area (TPSA) is 101 Å². The summed E-state index contributed by atoms with van der Waals surface area (Å²) in [7, 11) is 0. The van der Waals surface area contributed by atoms with Gasteiger partial charge in [-0.1, -0.05) is 61.0 Å². The average Bonchev–Trinajstić information content (AvgIpc) is 2.97. The van der Waals surface area contributed by atoms with E-state index < -0.39 is 12.2 Å². The van der Waals surface area contributed by atoms with Gasteiger partial charge in [0.05, 0.1) is 23.2 Å². The molecule has 0 unspecified atom stereocenters. The molecule has 1 aromatic heterocycles. The Morgan fingerprint density at radius 1 is 0.953 bits per heavy atom. The second-order valence-corrected chi connectivity index (χ2v) is 10.6. The van der Waals surface area contributed by atoms with E-state index >= 15 is 0 Å². The summed E-state index contributed by atoms with van der Waals surface area (Å²) in [5.74, 6) is -0.283. The summed E-state index contributed by atoms with van der Waals surface area (Å²) in [5, 5.41) is 7.82. The Morgan fingerprint density at radius 3 is 2.51 bits per heavy atom. The SMILES string of the molecule is CCC[n+]1cc(Br)cc(C(=O)NCCOC(=O)N(CCOC(=O)Nc2cccc3ccccc23)c2cccc(Cl)c2)c1.[I-]. The van der Waals surface area contributed by atoms with Crippen LogP contribution in [0.3, 0.4) is 0 Å². The van der Waals surface area contributed by atoms with Crippen LogP contribution in [0.4, 0.5) is 21.0 Å². The van der Waals surface area contributed by atoms with Crippen molar-refractivity contribution in [2.24, 2.45) is 0 Å². The van der Waals surface area contributed by atoms with Crippen molar-refractivity contribution in [2.75, 3.05) is 36.5 Å². The number of anilines is 2. The third-order valence-electron chi connectivity index (χ3n) is 6.16. The van der Waals surface area contributed by atoms with Crippen molar-refractivity contribution < 1.29 is 52.4 Å². The predicted molar refractivity (Wildman–Crippen MR) is 166 cm³/mol. The van der Waals surface area contributed by atoms with Crippen LogP contribution >= 0.6 is 27.5 Å². The van der Waals surface area contributed by atoms with Gasteiger partial charge >= 0.3 is 12.2 Å². The number of benzene rings is 3. The number of aromatic nitrogens is 1. The Labute approximate surface area is 280 Å². The summed E-state index contributed by atoms with van der Waals surface area (Å²) in [6, 6.07) is 21.7. The van der Waals surface area contributed by atoms with Crippen molar-refractivity contribution in [3.8, 4) is 0 Å². The monoisotopic (exact) mass is 780 g/mol. The number of carbonyl (C=O) groups excluding carboxylic acids is 3. The number of fused-ring (bicyclic) bond motifs is 1. The van der Waals surface area contributed by atoms with Crippen LogP contribution in [-0.4, -0.2) is 44.4 Å². The van der Waals surface area contributed by atoms with Crippen molar-refractivity contribution in [3.05, 3.63) is 100 Å². The number of hydrogen-bond donors (Lipinski definition) is 2. The number of halogens is 3. The quantitative estimate of drug-likeness (QED) is 0.138. The van der Waals surface area contributed by atoms with Gasteiger partial charge in [-0.2, -0.15) is 0 Å². The van der Waals surface area contributed by atoms with Gasteiger partial charge in [-0.25, -0.2) is 14.2 Å². The first-order chi connectivity index (χ1) is 20.3. The zero-order valence-electron chi connectivity index (χ0n) is 23.4. The second-order valence-electron chi connectivity index (χ2n) is 9.27. The van der Waals surface area contributed by atoms with Gasteiger partial charge in [-0.3, -0.25) is 15.0 Å². The fraction of sp³-hybridized carbons (Fsp3) is 0.226. The van der Waals surface area contributed by atoms with E-state index in [0.717, 1.165) is 28.2 Å². The van der Waals surface area contributed by atoms with E-state index in [9.17, 15) is 14.4 Å². The Morgan fingerprint density at radius 2 is 1.72 bits per heavy atom. The molecule has 0 radical (unpaired) electrons. The van der Waals surface area contributed by atoms with Crippen LogP contribution in [0.1, 0.15) is 23.7 Å². The molecule has 9 nitrogen and oxygen atoms in total. The van der Waals surface area contributed by atoms with Crippen molar-refractivity contribution in [2.45, 2.75) is 19.9 Å². The maximum absolute atomic E-state index is 13.0. The molecular weight excluding hydrogens is 751 g/mol. The highest BCUT2D eigenvalue weighted by molar-refractivity contribution is 9.10. The molecule has 0 aliphatic carbocycles. The first-order valence-electron chi connectivity index (χ1n) is 13.4. The molecule has 0 fully saturated rings. The summed E-state index contributed by atoms with van der Waals surface area (Å²) in [5.41, 5.74) is 1.59.